The first-order valence-corrected chi connectivity index (χ1v) is 7.34. The molecule has 0 spiro atoms. The van der Waals surface area contributed by atoms with Crippen LogP contribution in [-0.4, -0.2) is 25.7 Å². The highest BCUT2D eigenvalue weighted by molar-refractivity contribution is 5.80. The van der Waals surface area contributed by atoms with Crippen LogP contribution in [0.1, 0.15) is 31.4 Å². The van der Waals surface area contributed by atoms with Crippen molar-refractivity contribution in [2.24, 2.45) is 10.9 Å². The van der Waals surface area contributed by atoms with Crippen molar-refractivity contribution in [2.45, 2.75) is 39.5 Å². The molecular weight excluding hydrogens is 250 g/mol. The summed E-state index contributed by atoms with van der Waals surface area (Å²) in [7, 11) is 1.71. The van der Waals surface area contributed by atoms with Gasteiger partial charge in [0, 0.05) is 19.7 Å². The minimum absolute atomic E-state index is 0.594. The molecule has 2 unspecified atom stereocenters. The number of nitrogens with one attached hydrogen (secondary N) is 2. The van der Waals surface area contributed by atoms with E-state index in [1.165, 1.54) is 17.5 Å². The van der Waals surface area contributed by atoms with E-state index in [9.17, 15) is 0 Å². The number of hydrogen-bond donors (Lipinski definition) is 2. The van der Waals surface area contributed by atoms with Gasteiger partial charge in [-0.1, -0.05) is 31.2 Å². The van der Waals surface area contributed by atoms with E-state index in [1.807, 2.05) is 0 Å². The van der Waals surface area contributed by atoms with Crippen molar-refractivity contribution in [3.05, 3.63) is 35.4 Å². The van der Waals surface area contributed by atoms with Crippen LogP contribution >= 0.6 is 0 Å². The normalized spacial score (nSPS) is 21.6. The number of methoxy groups -OCH3 is 1. The quantitative estimate of drug-likeness (QED) is 0.618. The molecule has 20 heavy (non-hydrogen) atoms. The third-order valence-electron chi connectivity index (χ3n) is 3.53. The Balaban J connectivity index is 1.90. The largest absolute Gasteiger partial charge is 0.380 e. The summed E-state index contributed by atoms with van der Waals surface area (Å²) in [4.78, 5) is 4.64. The Morgan fingerprint density at radius 2 is 1.95 bits per heavy atom. The van der Waals surface area contributed by atoms with E-state index < -0.39 is 0 Å². The summed E-state index contributed by atoms with van der Waals surface area (Å²) >= 11 is 0. The molecule has 1 aliphatic carbocycles. The summed E-state index contributed by atoms with van der Waals surface area (Å²) in [5.41, 5.74) is 2.41. The first kappa shape index (κ1) is 14.9. The van der Waals surface area contributed by atoms with Crippen LogP contribution < -0.4 is 10.6 Å². The van der Waals surface area contributed by atoms with Crippen LogP contribution in [0, 0.1) is 5.92 Å². The molecule has 0 amide bonds. The summed E-state index contributed by atoms with van der Waals surface area (Å²) in [6, 6.07) is 9.01. The van der Waals surface area contributed by atoms with Gasteiger partial charge in [0.15, 0.2) is 5.96 Å². The molecule has 0 heterocycles. The van der Waals surface area contributed by atoms with E-state index in [2.05, 4.69) is 53.7 Å². The second-order valence-electron chi connectivity index (χ2n) is 5.41. The van der Waals surface area contributed by atoms with Gasteiger partial charge in [-0.05, 0) is 30.4 Å². The molecule has 110 valence electrons. The fraction of sp³-hybridized carbons (Fsp3) is 0.562. The van der Waals surface area contributed by atoms with E-state index in [-0.39, 0.29) is 0 Å². The molecule has 0 aromatic heterocycles. The number of hydrogen-bond acceptors (Lipinski definition) is 2. The van der Waals surface area contributed by atoms with Crippen molar-refractivity contribution in [1.29, 1.82) is 0 Å². The first-order valence-electron chi connectivity index (χ1n) is 7.34. The monoisotopic (exact) mass is 275 g/mol. The van der Waals surface area contributed by atoms with E-state index in [0.29, 0.717) is 19.2 Å². The maximum absolute atomic E-state index is 5.11. The molecule has 2 atom stereocenters. The zero-order chi connectivity index (χ0) is 14.4. The molecule has 4 heteroatoms. The van der Waals surface area contributed by atoms with Gasteiger partial charge < -0.3 is 15.4 Å². The van der Waals surface area contributed by atoms with Crippen LogP contribution in [0.2, 0.25) is 0 Å². The Morgan fingerprint density at radius 1 is 1.30 bits per heavy atom. The van der Waals surface area contributed by atoms with Gasteiger partial charge >= 0.3 is 0 Å². The van der Waals surface area contributed by atoms with E-state index >= 15 is 0 Å². The molecule has 2 N–H and O–H groups in total. The Kier molecular flexibility index (Phi) is 5.41. The SMILES string of the molecule is CCNC(=NCc1ccc(COC)cc1)NC1CC1C. The van der Waals surface area contributed by atoms with Crippen LogP contribution in [0.25, 0.3) is 0 Å². The minimum atomic E-state index is 0.594. The molecular formula is C16H25N3O. The molecule has 0 radical (unpaired) electrons. The van der Waals surface area contributed by atoms with Crippen molar-refractivity contribution in [3.63, 3.8) is 0 Å². The Hall–Kier alpha value is -1.55. The lowest BCUT2D eigenvalue weighted by molar-refractivity contribution is 0.185. The van der Waals surface area contributed by atoms with Crippen LogP contribution in [0.4, 0.5) is 0 Å². The van der Waals surface area contributed by atoms with Gasteiger partial charge in [0.25, 0.3) is 0 Å². The highest BCUT2D eigenvalue weighted by atomic mass is 16.5. The van der Waals surface area contributed by atoms with Crippen molar-refractivity contribution in [3.8, 4) is 0 Å². The summed E-state index contributed by atoms with van der Waals surface area (Å²) in [6.07, 6.45) is 1.25. The summed E-state index contributed by atoms with van der Waals surface area (Å²) in [6.45, 7) is 6.60. The predicted octanol–water partition coefficient (Wildman–Crippen LogP) is 2.30. The van der Waals surface area contributed by atoms with E-state index in [1.54, 1.807) is 7.11 Å². The minimum Gasteiger partial charge on any atom is -0.380 e. The van der Waals surface area contributed by atoms with Gasteiger partial charge in [-0.15, -0.1) is 0 Å². The van der Waals surface area contributed by atoms with Gasteiger partial charge in [-0.3, -0.25) is 0 Å². The molecule has 0 saturated heterocycles. The maximum atomic E-state index is 5.11. The zero-order valence-corrected chi connectivity index (χ0v) is 12.6. The number of ether oxygens (including phenoxy) is 1. The van der Waals surface area contributed by atoms with Crippen molar-refractivity contribution < 1.29 is 4.74 Å². The molecule has 0 aliphatic heterocycles. The van der Waals surface area contributed by atoms with Crippen molar-refractivity contribution >= 4 is 5.96 Å². The van der Waals surface area contributed by atoms with Gasteiger partial charge in [0.1, 0.15) is 0 Å². The van der Waals surface area contributed by atoms with E-state index in [0.717, 1.165) is 18.4 Å². The maximum Gasteiger partial charge on any atom is 0.191 e. The molecule has 4 nitrogen and oxygen atoms in total. The number of rotatable bonds is 6. The number of benzene rings is 1. The topological polar surface area (TPSA) is 45.7 Å². The number of guanidine groups is 1. The van der Waals surface area contributed by atoms with Crippen LogP contribution in [0.5, 0.6) is 0 Å². The first-order chi connectivity index (χ1) is 9.72. The van der Waals surface area contributed by atoms with Crippen LogP contribution in [-0.2, 0) is 17.9 Å². The summed E-state index contributed by atoms with van der Waals surface area (Å²) < 4.78 is 5.11. The second-order valence-corrected chi connectivity index (χ2v) is 5.41. The Bertz CT molecular complexity index is 442. The fourth-order valence-electron chi connectivity index (χ4n) is 2.10. The fourth-order valence-corrected chi connectivity index (χ4v) is 2.10. The Morgan fingerprint density at radius 3 is 2.50 bits per heavy atom. The lowest BCUT2D eigenvalue weighted by Gasteiger charge is -2.10. The molecule has 1 fully saturated rings. The van der Waals surface area contributed by atoms with Crippen LogP contribution in [0.3, 0.4) is 0 Å². The number of aliphatic imine (C=N–C) groups is 1. The molecule has 1 aromatic carbocycles. The third-order valence-corrected chi connectivity index (χ3v) is 3.53. The van der Waals surface area contributed by atoms with Gasteiger partial charge in [0.05, 0.1) is 13.2 Å². The van der Waals surface area contributed by atoms with E-state index in [4.69, 9.17) is 4.74 Å². The smallest absolute Gasteiger partial charge is 0.191 e. The van der Waals surface area contributed by atoms with Crippen LogP contribution in [0.15, 0.2) is 29.3 Å². The second kappa shape index (κ2) is 7.29. The molecule has 2 rings (SSSR count). The molecule has 1 aliphatic rings. The van der Waals surface area contributed by atoms with Crippen molar-refractivity contribution in [2.75, 3.05) is 13.7 Å². The van der Waals surface area contributed by atoms with Gasteiger partial charge in [-0.2, -0.15) is 0 Å². The molecule has 1 saturated carbocycles. The zero-order valence-electron chi connectivity index (χ0n) is 12.6. The standard InChI is InChI=1S/C16H25N3O/c1-4-17-16(19-15-9-12(15)2)18-10-13-5-7-14(8-6-13)11-20-3/h5-8,12,15H,4,9-11H2,1-3H3,(H2,17,18,19). The van der Waals surface area contributed by atoms with Gasteiger partial charge in [-0.25, -0.2) is 4.99 Å². The molecule has 1 aromatic rings. The molecule has 0 bridgehead atoms. The number of nitrogens with zero attached hydrogens (tertiary/aromatic N) is 1. The lowest BCUT2D eigenvalue weighted by Crippen LogP contribution is -2.39. The average Bonchev–Trinajstić information content (AvgIpc) is 3.14. The highest BCUT2D eigenvalue weighted by Crippen LogP contribution is 2.28. The summed E-state index contributed by atoms with van der Waals surface area (Å²) in [5.74, 6) is 1.69. The predicted molar refractivity (Wildman–Crippen MR) is 82.7 cm³/mol. The Labute approximate surface area is 121 Å². The average molecular weight is 275 g/mol. The summed E-state index contributed by atoms with van der Waals surface area (Å²) in [5, 5.41) is 6.76. The van der Waals surface area contributed by atoms with Gasteiger partial charge in [0.2, 0.25) is 0 Å². The highest BCUT2D eigenvalue weighted by Gasteiger charge is 2.33. The van der Waals surface area contributed by atoms with Crippen molar-refractivity contribution in [1.82, 2.24) is 10.6 Å². The lowest BCUT2D eigenvalue weighted by atomic mass is 10.1. The third kappa shape index (κ3) is 4.53.